The van der Waals surface area contributed by atoms with Gasteiger partial charge in [0, 0.05) is 18.7 Å². The first-order chi connectivity index (χ1) is 14.7. The lowest BCUT2D eigenvalue weighted by Crippen LogP contribution is -2.04. The molecule has 1 aromatic heterocycles. The van der Waals surface area contributed by atoms with Gasteiger partial charge >= 0.3 is 5.97 Å². The molecule has 0 spiro atoms. The fourth-order valence-electron chi connectivity index (χ4n) is 3.79. The first kappa shape index (κ1) is 21.9. The van der Waals surface area contributed by atoms with Crippen LogP contribution in [0, 0.1) is 0 Å². The van der Waals surface area contributed by atoms with Crippen LogP contribution in [-0.2, 0) is 16.0 Å². The Bertz CT molecular complexity index is 840. The third kappa shape index (κ3) is 6.34. The molecule has 0 fully saturated rings. The lowest BCUT2D eigenvalue weighted by Gasteiger charge is -2.15. The monoisotopic (exact) mass is 409 g/mol. The summed E-state index contributed by atoms with van der Waals surface area (Å²) in [5.74, 6) is 1.35. The van der Waals surface area contributed by atoms with E-state index in [0.29, 0.717) is 18.9 Å². The van der Waals surface area contributed by atoms with Gasteiger partial charge in [-0.25, -0.2) is 4.98 Å². The number of aromatic nitrogens is 1. The highest BCUT2D eigenvalue weighted by molar-refractivity contribution is 5.69. The van der Waals surface area contributed by atoms with Crippen LogP contribution in [0.4, 0.5) is 0 Å². The normalized spacial score (nSPS) is 14.2. The average Bonchev–Trinajstić information content (AvgIpc) is 3.04. The van der Waals surface area contributed by atoms with Crippen molar-refractivity contribution in [3.05, 3.63) is 59.3 Å². The van der Waals surface area contributed by atoms with E-state index in [4.69, 9.17) is 9.47 Å². The van der Waals surface area contributed by atoms with Gasteiger partial charge in [-0.15, -0.1) is 0 Å². The van der Waals surface area contributed by atoms with E-state index in [1.165, 1.54) is 43.1 Å². The molecule has 0 N–H and O–H groups in total. The molecule has 0 aliphatic heterocycles. The van der Waals surface area contributed by atoms with Gasteiger partial charge in [0.1, 0.15) is 12.4 Å². The Labute approximate surface area is 179 Å². The summed E-state index contributed by atoms with van der Waals surface area (Å²) in [6, 6.07) is 12.2. The first-order valence-corrected chi connectivity index (χ1v) is 10.7. The number of hydrogen-bond donors (Lipinski definition) is 0. The van der Waals surface area contributed by atoms with Crippen LogP contribution >= 0.6 is 0 Å². The second kappa shape index (κ2) is 11.4. The number of pyridine rings is 1. The summed E-state index contributed by atoms with van der Waals surface area (Å²) in [6.45, 7) is 0.600. The highest BCUT2D eigenvalue weighted by Gasteiger charge is 2.14. The van der Waals surface area contributed by atoms with E-state index in [9.17, 15) is 4.79 Å². The molecule has 0 amide bonds. The van der Waals surface area contributed by atoms with Crippen LogP contribution in [0.2, 0.25) is 0 Å². The Hall–Kier alpha value is -2.82. The van der Waals surface area contributed by atoms with Crippen molar-refractivity contribution in [3.63, 3.8) is 0 Å². The summed E-state index contributed by atoms with van der Waals surface area (Å²) in [4.78, 5) is 15.6. The van der Waals surface area contributed by atoms with Crippen LogP contribution < -0.4 is 9.47 Å². The topological polar surface area (TPSA) is 57.7 Å². The van der Waals surface area contributed by atoms with Gasteiger partial charge in [-0.3, -0.25) is 4.79 Å². The molecular weight excluding hydrogens is 378 g/mol. The van der Waals surface area contributed by atoms with Crippen LogP contribution in [0.25, 0.3) is 5.57 Å². The standard InChI is InChI=1S/C25H31NO4/c1-28-24-16-13-20(17-26-24)23-9-5-3-4-8-21(23)18-30-22-14-11-19(12-15-22)7-6-10-25(27)29-2/h11-17H,3-10,18H2,1-2H3. The van der Waals surface area contributed by atoms with Crippen molar-refractivity contribution in [2.45, 2.75) is 51.4 Å². The van der Waals surface area contributed by atoms with Crippen LogP contribution in [-0.4, -0.2) is 31.8 Å². The quantitative estimate of drug-likeness (QED) is 0.520. The van der Waals surface area contributed by atoms with E-state index in [0.717, 1.165) is 37.0 Å². The second-order valence-electron chi connectivity index (χ2n) is 7.59. The molecule has 1 aromatic carbocycles. The number of methoxy groups -OCH3 is 2. The number of esters is 1. The molecular formula is C25H31NO4. The lowest BCUT2D eigenvalue weighted by atomic mass is 9.97. The molecule has 2 aromatic rings. The number of ether oxygens (including phenoxy) is 3. The molecule has 3 rings (SSSR count). The summed E-state index contributed by atoms with van der Waals surface area (Å²) >= 11 is 0. The van der Waals surface area contributed by atoms with Gasteiger partial charge in [0.05, 0.1) is 14.2 Å². The fraction of sp³-hybridized carbons (Fsp3) is 0.440. The maximum Gasteiger partial charge on any atom is 0.305 e. The highest BCUT2D eigenvalue weighted by Crippen LogP contribution is 2.32. The molecule has 160 valence electrons. The van der Waals surface area contributed by atoms with Crippen molar-refractivity contribution in [2.75, 3.05) is 20.8 Å². The van der Waals surface area contributed by atoms with E-state index in [-0.39, 0.29) is 5.97 Å². The lowest BCUT2D eigenvalue weighted by molar-refractivity contribution is -0.140. The van der Waals surface area contributed by atoms with E-state index in [1.807, 2.05) is 24.4 Å². The van der Waals surface area contributed by atoms with Gasteiger partial charge in [-0.2, -0.15) is 0 Å². The number of hydrogen-bond acceptors (Lipinski definition) is 5. The van der Waals surface area contributed by atoms with Gasteiger partial charge in [0.2, 0.25) is 5.88 Å². The molecule has 5 nitrogen and oxygen atoms in total. The zero-order valence-corrected chi connectivity index (χ0v) is 18.0. The number of carbonyl (C=O) groups is 1. The fourth-order valence-corrected chi connectivity index (χ4v) is 3.79. The smallest absolute Gasteiger partial charge is 0.305 e. The SMILES string of the molecule is COC(=O)CCCc1ccc(OCC2=C(c3ccc(OC)nc3)CCCCC2)cc1. The van der Waals surface area contributed by atoms with Crippen LogP contribution in [0.1, 0.15) is 56.1 Å². The zero-order chi connectivity index (χ0) is 21.2. The van der Waals surface area contributed by atoms with Gasteiger partial charge < -0.3 is 14.2 Å². The summed E-state index contributed by atoms with van der Waals surface area (Å²) in [5.41, 5.74) is 5.09. The highest BCUT2D eigenvalue weighted by atomic mass is 16.5. The minimum atomic E-state index is -0.158. The Kier molecular flexibility index (Phi) is 8.30. The number of aryl methyl sites for hydroxylation is 1. The third-order valence-corrected chi connectivity index (χ3v) is 5.54. The van der Waals surface area contributed by atoms with Crippen LogP contribution in [0.15, 0.2) is 48.2 Å². The molecule has 0 radical (unpaired) electrons. The van der Waals surface area contributed by atoms with Crippen LogP contribution in [0.3, 0.4) is 0 Å². The molecule has 1 heterocycles. The van der Waals surface area contributed by atoms with Crippen molar-refractivity contribution in [2.24, 2.45) is 0 Å². The molecule has 5 heteroatoms. The number of carbonyl (C=O) groups excluding carboxylic acids is 1. The predicted octanol–water partition coefficient (Wildman–Crippen LogP) is 5.38. The molecule has 0 atom stereocenters. The van der Waals surface area contributed by atoms with Crippen molar-refractivity contribution >= 4 is 11.5 Å². The molecule has 0 saturated carbocycles. The molecule has 1 aliphatic carbocycles. The largest absolute Gasteiger partial charge is 0.489 e. The number of rotatable bonds is 9. The van der Waals surface area contributed by atoms with Crippen molar-refractivity contribution in [3.8, 4) is 11.6 Å². The number of benzene rings is 1. The Morgan fingerprint density at radius 2 is 1.80 bits per heavy atom. The van der Waals surface area contributed by atoms with Crippen molar-refractivity contribution in [1.82, 2.24) is 4.98 Å². The molecule has 0 saturated heterocycles. The first-order valence-electron chi connectivity index (χ1n) is 10.7. The van der Waals surface area contributed by atoms with Crippen LogP contribution in [0.5, 0.6) is 11.6 Å². The molecule has 0 bridgehead atoms. The maximum absolute atomic E-state index is 11.2. The Morgan fingerprint density at radius 1 is 1.00 bits per heavy atom. The van der Waals surface area contributed by atoms with Gasteiger partial charge in [0.15, 0.2) is 0 Å². The van der Waals surface area contributed by atoms with Gasteiger partial charge in [0.25, 0.3) is 0 Å². The van der Waals surface area contributed by atoms with E-state index in [2.05, 4.69) is 27.9 Å². The summed E-state index contributed by atoms with van der Waals surface area (Å²) in [6.07, 6.45) is 9.77. The third-order valence-electron chi connectivity index (χ3n) is 5.54. The van der Waals surface area contributed by atoms with Gasteiger partial charge in [-0.05, 0) is 79.0 Å². The van der Waals surface area contributed by atoms with Crippen molar-refractivity contribution < 1.29 is 19.0 Å². The number of nitrogens with zero attached hydrogens (tertiary/aromatic N) is 1. The minimum Gasteiger partial charge on any atom is -0.489 e. The molecule has 0 unspecified atom stereocenters. The summed E-state index contributed by atoms with van der Waals surface area (Å²) in [7, 11) is 3.06. The van der Waals surface area contributed by atoms with E-state index in [1.54, 1.807) is 7.11 Å². The summed E-state index contributed by atoms with van der Waals surface area (Å²) < 4.78 is 16.0. The molecule has 1 aliphatic rings. The Balaban J connectivity index is 1.62. The zero-order valence-electron chi connectivity index (χ0n) is 18.0. The van der Waals surface area contributed by atoms with Gasteiger partial charge in [-0.1, -0.05) is 18.6 Å². The van der Waals surface area contributed by atoms with E-state index < -0.39 is 0 Å². The number of allylic oxidation sites excluding steroid dienone is 1. The average molecular weight is 410 g/mol. The van der Waals surface area contributed by atoms with E-state index >= 15 is 0 Å². The Morgan fingerprint density at radius 3 is 2.50 bits per heavy atom. The van der Waals surface area contributed by atoms with Crippen molar-refractivity contribution in [1.29, 1.82) is 0 Å². The predicted molar refractivity (Wildman–Crippen MR) is 118 cm³/mol. The molecule has 30 heavy (non-hydrogen) atoms. The minimum absolute atomic E-state index is 0.158. The summed E-state index contributed by atoms with van der Waals surface area (Å²) in [5, 5.41) is 0. The maximum atomic E-state index is 11.2. The second-order valence-corrected chi connectivity index (χ2v) is 7.59.